The number of hydrogen-bond acceptors (Lipinski definition) is 2. The minimum absolute atomic E-state index is 0.0688. The Balaban J connectivity index is 2.02. The second-order valence-electron chi connectivity index (χ2n) is 6.54. The van der Waals surface area contributed by atoms with Crippen molar-refractivity contribution in [3.8, 4) is 0 Å². The number of rotatable bonds is 3. The van der Waals surface area contributed by atoms with Crippen LogP contribution in [0.2, 0.25) is 5.02 Å². The molecule has 0 unspecified atom stereocenters. The van der Waals surface area contributed by atoms with E-state index in [0.717, 1.165) is 31.2 Å². The normalized spacial score (nSPS) is 26.3. The average Bonchev–Trinajstić information content (AvgIpc) is 2.55. The molecule has 2 aliphatic rings. The molecular weight excluding hydrogens is 314 g/mol. The van der Waals surface area contributed by atoms with Gasteiger partial charge in [0.15, 0.2) is 0 Å². The van der Waals surface area contributed by atoms with E-state index >= 15 is 0 Å². The largest absolute Gasteiger partial charge is 0.481 e. The first-order valence-corrected chi connectivity index (χ1v) is 8.76. The summed E-state index contributed by atoms with van der Waals surface area (Å²) < 4.78 is 0. The van der Waals surface area contributed by atoms with Crippen LogP contribution in [0.15, 0.2) is 24.3 Å². The molecule has 1 aromatic carbocycles. The van der Waals surface area contributed by atoms with Gasteiger partial charge in [0.05, 0.1) is 12.0 Å². The Morgan fingerprint density at radius 3 is 2.48 bits per heavy atom. The number of aliphatic carboxylic acids is 1. The van der Waals surface area contributed by atoms with Gasteiger partial charge < -0.3 is 10.0 Å². The van der Waals surface area contributed by atoms with Crippen molar-refractivity contribution in [2.45, 2.75) is 57.0 Å². The molecule has 0 bridgehead atoms. The molecule has 1 saturated carbocycles. The molecule has 1 heterocycles. The number of carbonyl (C=O) groups excluding carboxylic acids is 1. The SMILES string of the molecule is O=C(O)[C@H]1CCC(=O)N(C2CCCCC2)[C@H]1c1ccccc1Cl. The molecule has 4 nitrogen and oxygen atoms in total. The molecular formula is C18H22ClNO3. The van der Waals surface area contributed by atoms with Crippen molar-refractivity contribution in [3.05, 3.63) is 34.9 Å². The van der Waals surface area contributed by atoms with Crippen LogP contribution in [0.1, 0.15) is 56.6 Å². The van der Waals surface area contributed by atoms with Crippen LogP contribution in [0.25, 0.3) is 0 Å². The summed E-state index contributed by atoms with van der Waals surface area (Å²) in [5, 5.41) is 10.2. The first-order valence-electron chi connectivity index (χ1n) is 8.38. The summed E-state index contributed by atoms with van der Waals surface area (Å²) in [4.78, 5) is 26.3. The lowest BCUT2D eigenvalue weighted by Crippen LogP contribution is -2.50. The number of piperidine rings is 1. The van der Waals surface area contributed by atoms with Gasteiger partial charge in [-0.15, -0.1) is 0 Å². The summed E-state index contributed by atoms with van der Waals surface area (Å²) in [6, 6.07) is 7.01. The van der Waals surface area contributed by atoms with Crippen LogP contribution in [0.4, 0.5) is 0 Å². The van der Waals surface area contributed by atoms with E-state index in [1.807, 2.05) is 23.1 Å². The molecule has 3 rings (SSSR count). The van der Waals surface area contributed by atoms with Crippen LogP contribution in [-0.2, 0) is 9.59 Å². The number of halogens is 1. The molecule has 124 valence electrons. The highest BCUT2D eigenvalue weighted by molar-refractivity contribution is 6.31. The Labute approximate surface area is 141 Å². The van der Waals surface area contributed by atoms with Gasteiger partial charge in [0.25, 0.3) is 0 Å². The van der Waals surface area contributed by atoms with E-state index < -0.39 is 17.9 Å². The summed E-state index contributed by atoms with van der Waals surface area (Å²) in [5.74, 6) is -1.36. The zero-order valence-corrected chi connectivity index (χ0v) is 13.8. The smallest absolute Gasteiger partial charge is 0.308 e. The standard InChI is InChI=1S/C18H22ClNO3/c19-15-9-5-4-8-13(15)17-14(18(22)23)10-11-16(21)20(17)12-6-2-1-3-7-12/h4-5,8-9,12,14,17H,1-3,6-7,10-11H2,(H,22,23)/t14-,17-/m0/s1. The fraction of sp³-hybridized carbons (Fsp3) is 0.556. The number of benzene rings is 1. The van der Waals surface area contributed by atoms with Gasteiger partial charge in [0, 0.05) is 17.5 Å². The van der Waals surface area contributed by atoms with Gasteiger partial charge in [-0.05, 0) is 30.9 Å². The number of hydrogen-bond donors (Lipinski definition) is 1. The zero-order valence-electron chi connectivity index (χ0n) is 13.1. The Bertz CT molecular complexity index is 598. The van der Waals surface area contributed by atoms with Crippen LogP contribution in [-0.4, -0.2) is 27.9 Å². The van der Waals surface area contributed by atoms with Gasteiger partial charge >= 0.3 is 5.97 Å². The Kier molecular flexibility index (Phi) is 4.90. The maximum Gasteiger partial charge on any atom is 0.308 e. The van der Waals surface area contributed by atoms with Crippen LogP contribution in [0, 0.1) is 5.92 Å². The highest BCUT2D eigenvalue weighted by Crippen LogP contribution is 2.43. The molecule has 2 atom stereocenters. The molecule has 0 aromatic heterocycles. The monoisotopic (exact) mass is 335 g/mol. The third kappa shape index (κ3) is 3.23. The number of amides is 1. The number of likely N-dealkylation sites (tertiary alicyclic amines) is 1. The summed E-state index contributed by atoms with van der Waals surface area (Å²) in [5.41, 5.74) is 0.764. The van der Waals surface area contributed by atoms with Crippen molar-refractivity contribution >= 4 is 23.5 Å². The average molecular weight is 336 g/mol. The molecule has 1 aromatic rings. The van der Waals surface area contributed by atoms with E-state index in [-0.39, 0.29) is 11.9 Å². The lowest BCUT2D eigenvalue weighted by molar-refractivity contribution is -0.154. The van der Waals surface area contributed by atoms with E-state index in [1.165, 1.54) is 6.42 Å². The molecule has 0 radical (unpaired) electrons. The Hall–Kier alpha value is -1.55. The lowest BCUT2D eigenvalue weighted by atomic mass is 9.81. The fourth-order valence-electron chi connectivity index (χ4n) is 4.04. The van der Waals surface area contributed by atoms with Crippen LogP contribution in [0.5, 0.6) is 0 Å². The predicted molar refractivity (Wildman–Crippen MR) is 88.3 cm³/mol. The third-order valence-corrected chi connectivity index (χ3v) is 5.49. The minimum atomic E-state index is -0.844. The number of carbonyl (C=O) groups is 2. The molecule has 1 aliphatic carbocycles. The van der Waals surface area contributed by atoms with Crippen molar-refractivity contribution in [3.63, 3.8) is 0 Å². The van der Waals surface area contributed by atoms with Crippen LogP contribution in [0.3, 0.4) is 0 Å². The van der Waals surface area contributed by atoms with Gasteiger partial charge in [-0.25, -0.2) is 0 Å². The fourth-order valence-corrected chi connectivity index (χ4v) is 4.29. The second-order valence-corrected chi connectivity index (χ2v) is 6.95. The summed E-state index contributed by atoms with van der Waals surface area (Å²) in [7, 11) is 0. The lowest BCUT2D eigenvalue weighted by Gasteiger charge is -2.45. The van der Waals surface area contributed by atoms with E-state index in [2.05, 4.69) is 0 Å². The second kappa shape index (κ2) is 6.91. The summed E-state index contributed by atoms with van der Waals surface area (Å²) >= 11 is 6.35. The van der Waals surface area contributed by atoms with Crippen LogP contribution < -0.4 is 0 Å². The summed E-state index contributed by atoms with van der Waals surface area (Å²) in [6.07, 6.45) is 6.00. The van der Waals surface area contributed by atoms with E-state index in [4.69, 9.17) is 11.6 Å². The van der Waals surface area contributed by atoms with E-state index in [1.54, 1.807) is 6.07 Å². The molecule has 23 heavy (non-hydrogen) atoms. The third-order valence-electron chi connectivity index (χ3n) is 5.15. The van der Waals surface area contributed by atoms with Gasteiger partial charge in [0.1, 0.15) is 0 Å². The van der Waals surface area contributed by atoms with Gasteiger partial charge in [0.2, 0.25) is 5.91 Å². The minimum Gasteiger partial charge on any atom is -0.481 e. The molecule has 1 aliphatic heterocycles. The van der Waals surface area contributed by atoms with Gasteiger partial charge in [-0.1, -0.05) is 49.1 Å². The van der Waals surface area contributed by atoms with E-state index in [0.29, 0.717) is 17.9 Å². The molecule has 1 saturated heterocycles. The Morgan fingerprint density at radius 1 is 1.13 bits per heavy atom. The highest BCUT2D eigenvalue weighted by atomic mass is 35.5. The number of carboxylic acids is 1. The summed E-state index contributed by atoms with van der Waals surface area (Å²) in [6.45, 7) is 0. The molecule has 2 fully saturated rings. The van der Waals surface area contributed by atoms with E-state index in [9.17, 15) is 14.7 Å². The Morgan fingerprint density at radius 2 is 1.83 bits per heavy atom. The first-order chi connectivity index (χ1) is 11.1. The van der Waals surface area contributed by atoms with Crippen molar-refractivity contribution in [1.29, 1.82) is 0 Å². The first kappa shape index (κ1) is 16.3. The molecule has 1 amide bonds. The quantitative estimate of drug-likeness (QED) is 0.907. The predicted octanol–water partition coefficient (Wildman–Crippen LogP) is 4.04. The van der Waals surface area contributed by atoms with Crippen molar-refractivity contribution in [2.75, 3.05) is 0 Å². The van der Waals surface area contributed by atoms with Crippen molar-refractivity contribution in [1.82, 2.24) is 4.90 Å². The maximum atomic E-state index is 12.6. The topological polar surface area (TPSA) is 57.6 Å². The van der Waals surface area contributed by atoms with Crippen molar-refractivity contribution in [2.24, 2.45) is 5.92 Å². The highest BCUT2D eigenvalue weighted by Gasteiger charge is 2.44. The number of carboxylic acid groups (broad SMARTS) is 1. The van der Waals surface area contributed by atoms with Crippen LogP contribution >= 0.6 is 11.6 Å². The van der Waals surface area contributed by atoms with Gasteiger partial charge in [-0.2, -0.15) is 0 Å². The number of nitrogens with zero attached hydrogens (tertiary/aromatic N) is 1. The molecule has 5 heteroatoms. The van der Waals surface area contributed by atoms with Crippen molar-refractivity contribution < 1.29 is 14.7 Å². The maximum absolute atomic E-state index is 12.6. The van der Waals surface area contributed by atoms with Gasteiger partial charge in [-0.3, -0.25) is 9.59 Å². The molecule has 0 spiro atoms. The zero-order chi connectivity index (χ0) is 16.4. The molecule has 1 N–H and O–H groups in total.